The Bertz CT molecular complexity index is 2640. The minimum Gasteiger partial charge on any atom is -0.465 e. The predicted octanol–water partition coefficient (Wildman–Crippen LogP) is 4.82. The van der Waals surface area contributed by atoms with Crippen molar-refractivity contribution in [1.82, 2.24) is 27.0 Å². The zero-order valence-electron chi connectivity index (χ0n) is 33.7. The fourth-order valence-electron chi connectivity index (χ4n) is 6.21. The summed E-state index contributed by atoms with van der Waals surface area (Å²) >= 11 is 6.07. The minimum absolute atomic E-state index is 0.00133. The summed E-state index contributed by atoms with van der Waals surface area (Å²) in [6.07, 6.45) is 0.992. The number of aliphatic hydroxyl groups excluding tert-OH is 2. The lowest BCUT2D eigenvalue weighted by Gasteiger charge is -2.15. The van der Waals surface area contributed by atoms with E-state index in [1.807, 2.05) is 25.1 Å². The van der Waals surface area contributed by atoms with Crippen LogP contribution in [0, 0.1) is 13.8 Å². The lowest BCUT2D eigenvalue weighted by molar-refractivity contribution is -0.140. The van der Waals surface area contributed by atoms with Crippen molar-refractivity contribution in [1.29, 1.82) is 0 Å². The lowest BCUT2D eigenvalue weighted by Crippen LogP contribution is -2.38. The Hall–Kier alpha value is -4.37. The van der Waals surface area contributed by atoms with E-state index in [2.05, 4.69) is 4.37 Å². The number of hydrogen-bond acceptors (Lipinski definition) is 15. The minimum atomic E-state index is -0.402. The van der Waals surface area contributed by atoms with Gasteiger partial charge in [0, 0.05) is 92.6 Å². The molecule has 2 aromatic carbocycles. The normalized spacial score (nSPS) is 11.9. The van der Waals surface area contributed by atoms with Crippen LogP contribution in [0.2, 0.25) is 0 Å². The van der Waals surface area contributed by atoms with Gasteiger partial charge in [-0.3, -0.25) is 14.4 Å². The van der Waals surface area contributed by atoms with Gasteiger partial charge in [0.25, 0.3) is 11.1 Å². The fourth-order valence-corrected chi connectivity index (χ4v) is 10.4. The maximum Gasteiger partial charge on any atom is 0.335 e. The van der Waals surface area contributed by atoms with E-state index in [4.69, 9.17) is 13.8 Å². The Morgan fingerprint density at radius 3 is 1.69 bits per heavy atom. The molecule has 0 radical (unpaired) electrons. The Morgan fingerprint density at radius 2 is 1.22 bits per heavy atom. The second kappa shape index (κ2) is 21.2. The van der Waals surface area contributed by atoms with Crippen molar-refractivity contribution in [2.75, 3.05) is 44.5 Å². The Labute approximate surface area is 356 Å². The molecule has 4 aromatic heterocycles. The average Bonchev–Trinajstić information content (AvgIpc) is 3.83. The molecule has 0 saturated carbocycles. The fraction of sp³-hybridized carbons (Fsp3) is 0.425. The van der Waals surface area contributed by atoms with Crippen LogP contribution in [-0.2, 0) is 28.4 Å². The molecule has 316 valence electrons. The van der Waals surface area contributed by atoms with E-state index >= 15 is 0 Å². The molecular formula is C40H48N6O9S4. The molecule has 6 aromatic rings. The molecule has 1 unspecified atom stereocenters. The zero-order valence-corrected chi connectivity index (χ0v) is 37.0. The topological polar surface area (TPSA) is 190 Å². The van der Waals surface area contributed by atoms with E-state index in [0.29, 0.717) is 61.2 Å². The third-order valence-corrected chi connectivity index (χ3v) is 13.9. The van der Waals surface area contributed by atoms with Gasteiger partial charge in [0.1, 0.15) is 6.61 Å². The van der Waals surface area contributed by atoms with Crippen molar-refractivity contribution >= 4 is 72.7 Å². The number of benzene rings is 2. The van der Waals surface area contributed by atoms with Crippen molar-refractivity contribution in [3.8, 4) is 11.4 Å². The highest BCUT2D eigenvalue weighted by atomic mass is 32.2. The van der Waals surface area contributed by atoms with E-state index < -0.39 is 5.69 Å². The number of thioether (sulfide) groups is 2. The number of rotatable bonds is 17. The van der Waals surface area contributed by atoms with Crippen molar-refractivity contribution < 1.29 is 24.5 Å². The number of aryl methyl sites for hydroxylation is 2. The van der Waals surface area contributed by atoms with E-state index in [-0.39, 0.29) is 46.5 Å². The maximum atomic E-state index is 12.8. The Kier molecular flexibility index (Phi) is 16.5. The summed E-state index contributed by atoms with van der Waals surface area (Å²) in [5.74, 6) is 1.04. The number of esters is 1. The average molecular weight is 885 g/mol. The molecule has 0 fully saturated rings. The number of nitrogens with zero attached hydrogens (tertiary/aromatic N) is 6. The van der Waals surface area contributed by atoms with Crippen LogP contribution in [0.4, 0.5) is 0 Å². The van der Waals surface area contributed by atoms with Crippen molar-refractivity contribution in [2.24, 2.45) is 14.1 Å². The summed E-state index contributed by atoms with van der Waals surface area (Å²) in [6, 6.07) is 13.8. The molecule has 4 heterocycles. The molecule has 0 aliphatic rings. The molecule has 0 saturated heterocycles. The number of fused-ring (bicyclic) bond motifs is 2. The molecule has 59 heavy (non-hydrogen) atoms. The molecule has 2 N–H and O–H groups in total. The molecule has 0 amide bonds. The molecule has 0 aliphatic heterocycles. The molecule has 19 heteroatoms. The molecule has 6 rings (SSSR count). The maximum absolute atomic E-state index is 12.8. The van der Waals surface area contributed by atoms with Gasteiger partial charge in [-0.1, -0.05) is 0 Å². The molecule has 0 aliphatic carbocycles. The first kappa shape index (κ1) is 45.7. The highest BCUT2D eigenvalue weighted by Gasteiger charge is 2.22. The van der Waals surface area contributed by atoms with Crippen LogP contribution in [0.15, 0.2) is 67.7 Å². The van der Waals surface area contributed by atoms with Crippen LogP contribution in [0.1, 0.15) is 60.0 Å². The van der Waals surface area contributed by atoms with Crippen LogP contribution >= 0.6 is 46.6 Å². The van der Waals surface area contributed by atoms with Gasteiger partial charge >= 0.3 is 17.3 Å². The van der Waals surface area contributed by atoms with Crippen molar-refractivity contribution in [2.45, 2.75) is 51.0 Å². The summed E-state index contributed by atoms with van der Waals surface area (Å²) in [7, 11) is 3.27. The van der Waals surface area contributed by atoms with Gasteiger partial charge in [-0.15, -0.1) is 23.5 Å². The largest absolute Gasteiger partial charge is 0.465 e. The highest BCUT2D eigenvalue weighted by Crippen LogP contribution is 2.43. The van der Waals surface area contributed by atoms with Crippen LogP contribution in [-0.4, -0.2) is 87.7 Å². The summed E-state index contributed by atoms with van der Waals surface area (Å²) in [5.41, 5.74) is 2.33. The van der Waals surface area contributed by atoms with Crippen LogP contribution in [0.5, 0.6) is 0 Å². The van der Waals surface area contributed by atoms with Crippen molar-refractivity contribution in [3.63, 3.8) is 0 Å². The van der Waals surface area contributed by atoms with E-state index in [9.17, 15) is 34.2 Å². The summed E-state index contributed by atoms with van der Waals surface area (Å²) in [4.78, 5) is 61.4. The van der Waals surface area contributed by atoms with Gasteiger partial charge < -0.3 is 28.8 Å². The molecule has 1 atom stereocenters. The first-order valence-corrected chi connectivity index (χ1v) is 22.5. The monoisotopic (exact) mass is 884 g/mol. The number of ether oxygens (including phenoxy) is 2. The van der Waals surface area contributed by atoms with E-state index in [1.165, 1.54) is 55.8 Å². The number of aromatic nitrogens is 6. The van der Waals surface area contributed by atoms with E-state index in [1.54, 1.807) is 69.7 Å². The van der Waals surface area contributed by atoms with Gasteiger partial charge in [-0.2, -0.15) is 8.75 Å². The zero-order chi connectivity index (χ0) is 42.8. The van der Waals surface area contributed by atoms with Gasteiger partial charge in [0.15, 0.2) is 0 Å². The second-order valence-electron chi connectivity index (χ2n) is 13.4. The Balaban J connectivity index is 0.000000230. The third-order valence-electron chi connectivity index (χ3n) is 9.52. The quantitative estimate of drug-likeness (QED) is 0.0722. The first-order chi connectivity index (χ1) is 28.3. The standard InChI is InChI=1S/C22H27N3O5S3.C18H21N3O4S/c1-5-29-8-10-31-21(32-11-9-30-15(3)26)20-17-13-16(6-7-18(17)33-23-20)25-19(27)12-14(2)24(4)22(25)28;1-11-9-16(24)21(18(25)20(11)2)13-3-4-15-14(10-13)17(19-26-15)12(5-7-22)6-8-23/h6-7,12-13,21H,5,8-11H2,1-4H3;3-4,9-10,12,22-23H,5-8H2,1-2H3. The van der Waals surface area contributed by atoms with Gasteiger partial charge in [-0.25, -0.2) is 18.7 Å². The van der Waals surface area contributed by atoms with Crippen LogP contribution in [0.3, 0.4) is 0 Å². The van der Waals surface area contributed by atoms with Crippen LogP contribution < -0.4 is 22.5 Å². The SMILES string of the molecule is CCOCCSC(SCCOC(C)=O)c1nsc2ccc(-n3c(=O)cc(C)n(C)c3=O)cc12.Cc1cc(=O)n(-c2ccc3snc(C(CCO)CCO)c3c2)c(=O)n1C. The lowest BCUT2D eigenvalue weighted by atomic mass is 9.95. The van der Waals surface area contributed by atoms with Gasteiger partial charge in [0.2, 0.25) is 0 Å². The van der Waals surface area contributed by atoms with Crippen molar-refractivity contribution in [3.05, 3.63) is 113 Å². The number of carbonyl (C=O) groups excluding carboxylic acids is 1. The second-order valence-corrected chi connectivity index (χ2v) is 17.8. The van der Waals surface area contributed by atoms with Crippen LogP contribution in [0.25, 0.3) is 31.5 Å². The Morgan fingerprint density at radius 1 is 0.746 bits per heavy atom. The highest BCUT2D eigenvalue weighted by molar-refractivity contribution is 8.16. The van der Waals surface area contributed by atoms with Gasteiger partial charge in [0.05, 0.1) is 43.4 Å². The number of aliphatic hydroxyl groups is 2. The summed E-state index contributed by atoms with van der Waals surface area (Å²) in [5, 5.41) is 20.3. The predicted molar refractivity (Wildman–Crippen MR) is 237 cm³/mol. The van der Waals surface area contributed by atoms with E-state index in [0.717, 1.165) is 41.9 Å². The number of carbonyl (C=O) groups is 1. The molecule has 0 spiro atoms. The summed E-state index contributed by atoms with van der Waals surface area (Å²) in [6.45, 7) is 8.42. The number of hydrogen-bond donors (Lipinski definition) is 2. The summed E-state index contributed by atoms with van der Waals surface area (Å²) < 4.78 is 26.8. The smallest absolute Gasteiger partial charge is 0.335 e. The van der Waals surface area contributed by atoms with Gasteiger partial charge in [-0.05, 0) is 93.1 Å². The first-order valence-electron chi connectivity index (χ1n) is 18.9. The third kappa shape index (κ3) is 10.9. The molecule has 0 bridgehead atoms. The molecular weight excluding hydrogens is 837 g/mol. The molecule has 15 nitrogen and oxygen atoms in total.